The standard InChI is InChI=1S/C13H14N2O6/c16-12(14-10-2-1-3-21-7-10)8-4-9(13(17)18)6-11(5-8)15(19)20/h4-6,10H,1-3,7H2,(H,14,16)(H,17,18). The Morgan fingerprint density at radius 2 is 2.05 bits per heavy atom. The van der Waals surface area contributed by atoms with Gasteiger partial charge in [0.25, 0.3) is 11.6 Å². The number of nitrogens with zero attached hydrogens (tertiary/aromatic N) is 1. The summed E-state index contributed by atoms with van der Waals surface area (Å²) >= 11 is 0. The van der Waals surface area contributed by atoms with Gasteiger partial charge in [-0.2, -0.15) is 0 Å². The van der Waals surface area contributed by atoms with Crippen molar-refractivity contribution in [1.82, 2.24) is 5.32 Å². The van der Waals surface area contributed by atoms with Crippen LogP contribution < -0.4 is 5.32 Å². The van der Waals surface area contributed by atoms with Crippen molar-refractivity contribution in [2.75, 3.05) is 13.2 Å². The van der Waals surface area contributed by atoms with Crippen LogP contribution in [0.4, 0.5) is 5.69 Å². The van der Waals surface area contributed by atoms with E-state index in [1.807, 2.05) is 0 Å². The molecule has 2 N–H and O–H groups in total. The highest BCUT2D eigenvalue weighted by molar-refractivity contribution is 5.98. The number of nitro groups is 1. The number of benzene rings is 1. The Morgan fingerprint density at radius 3 is 2.62 bits per heavy atom. The summed E-state index contributed by atoms with van der Waals surface area (Å²) in [4.78, 5) is 33.1. The smallest absolute Gasteiger partial charge is 0.335 e. The van der Waals surface area contributed by atoms with Crippen LogP contribution in [0.5, 0.6) is 0 Å². The Bertz CT molecular complexity index is 548. The Morgan fingerprint density at radius 1 is 1.33 bits per heavy atom. The number of carbonyl (C=O) groups is 2. The zero-order chi connectivity index (χ0) is 15.4. The van der Waals surface area contributed by atoms with Crippen LogP contribution >= 0.6 is 0 Å². The zero-order valence-electron chi connectivity index (χ0n) is 11.1. The molecular formula is C13H14N2O6. The maximum Gasteiger partial charge on any atom is 0.335 e. The van der Waals surface area contributed by atoms with Crippen molar-refractivity contribution in [3.05, 3.63) is 39.4 Å². The van der Waals surface area contributed by atoms with Gasteiger partial charge in [-0.25, -0.2) is 4.79 Å². The van der Waals surface area contributed by atoms with E-state index in [0.29, 0.717) is 13.2 Å². The fourth-order valence-electron chi connectivity index (χ4n) is 2.09. The van der Waals surface area contributed by atoms with Gasteiger partial charge in [0.2, 0.25) is 0 Å². The first kappa shape index (κ1) is 14.9. The third kappa shape index (κ3) is 3.76. The van der Waals surface area contributed by atoms with Gasteiger partial charge in [0.1, 0.15) is 0 Å². The quantitative estimate of drug-likeness (QED) is 0.636. The van der Waals surface area contributed by atoms with Crippen LogP contribution in [0, 0.1) is 10.1 Å². The summed E-state index contributed by atoms with van der Waals surface area (Å²) in [6.07, 6.45) is 1.58. The van der Waals surface area contributed by atoms with Crippen LogP contribution in [0.1, 0.15) is 33.6 Å². The minimum atomic E-state index is -1.33. The number of carboxylic acids is 1. The van der Waals surface area contributed by atoms with E-state index in [9.17, 15) is 19.7 Å². The van der Waals surface area contributed by atoms with E-state index in [2.05, 4.69) is 5.32 Å². The number of aromatic carboxylic acids is 1. The third-order valence-corrected chi connectivity index (χ3v) is 3.13. The molecule has 1 aliphatic heterocycles. The Kier molecular flexibility index (Phi) is 4.49. The Hall–Kier alpha value is -2.48. The van der Waals surface area contributed by atoms with Crippen LogP contribution in [0.15, 0.2) is 18.2 Å². The second kappa shape index (κ2) is 6.31. The third-order valence-electron chi connectivity index (χ3n) is 3.13. The molecule has 2 rings (SSSR count). The molecule has 1 heterocycles. The Labute approximate surface area is 119 Å². The summed E-state index contributed by atoms with van der Waals surface area (Å²) in [7, 11) is 0. The van der Waals surface area contributed by atoms with Gasteiger partial charge in [-0.05, 0) is 18.9 Å². The molecule has 1 aliphatic rings. The van der Waals surface area contributed by atoms with Gasteiger partial charge < -0.3 is 15.2 Å². The zero-order valence-corrected chi connectivity index (χ0v) is 11.1. The lowest BCUT2D eigenvalue weighted by Gasteiger charge is -2.23. The van der Waals surface area contributed by atoms with Crippen molar-refractivity contribution in [2.24, 2.45) is 0 Å². The van der Waals surface area contributed by atoms with Crippen LogP contribution in [-0.2, 0) is 4.74 Å². The summed E-state index contributed by atoms with van der Waals surface area (Å²) in [6, 6.07) is 2.93. The molecule has 1 aromatic carbocycles. The van der Waals surface area contributed by atoms with Crippen molar-refractivity contribution in [2.45, 2.75) is 18.9 Å². The first-order valence-corrected chi connectivity index (χ1v) is 6.39. The van der Waals surface area contributed by atoms with E-state index in [-0.39, 0.29) is 17.2 Å². The van der Waals surface area contributed by atoms with E-state index in [1.165, 1.54) is 0 Å². The van der Waals surface area contributed by atoms with Crippen molar-refractivity contribution in [1.29, 1.82) is 0 Å². The molecule has 1 fully saturated rings. The molecule has 0 saturated carbocycles. The van der Waals surface area contributed by atoms with Crippen LogP contribution in [0.25, 0.3) is 0 Å². The summed E-state index contributed by atoms with van der Waals surface area (Å²) < 4.78 is 5.23. The number of carbonyl (C=O) groups excluding carboxylic acids is 1. The van der Waals surface area contributed by atoms with E-state index >= 15 is 0 Å². The number of rotatable bonds is 4. The molecule has 0 spiro atoms. The highest BCUT2D eigenvalue weighted by atomic mass is 16.6. The molecule has 0 aromatic heterocycles. The topological polar surface area (TPSA) is 119 Å². The molecule has 1 aromatic rings. The fourth-order valence-corrected chi connectivity index (χ4v) is 2.09. The van der Waals surface area contributed by atoms with Gasteiger partial charge >= 0.3 is 5.97 Å². The number of non-ortho nitro benzene ring substituents is 1. The molecule has 0 aliphatic carbocycles. The normalized spacial score (nSPS) is 18.0. The van der Waals surface area contributed by atoms with Crippen molar-refractivity contribution >= 4 is 17.6 Å². The molecule has 1 amide bonds. The molecule has 8 nitrogen and oxygen atoms in total. The van der Waals surface area contributed by atoms with Gasteiger partial charge in [0.15, 0.2) is 0 Å². The summed E-state index contributed by atoms with van der Waals surface area (Å²) in [5.74, 6) is -1.87. The average Bonchev–Trinajstić information content (AvgIpc) is 2.47. The second-order valence-corrected chi connectivity index (χ2v) is 4.72. The van der Waals surface area contributed by atoms with Gasteiger partial charge in [-0.3, -0.25) is 14.9 Å². The lowest BCUT2D eigenvalue weighted by atomic mass is 10.1. The molecule has 0 radical (unpaired) electrons. The minimum Gasteiger partial charge on any atom is -0.478 e. The van der Waals surface area contributed by atoms with Gasteiger partial charge in [0.05, 0.1) is 23.1 Å². The molecule has 0 bridgehead atoms. The molecular weight excluding hydrogens is 280 g/mol. The van der Waals surface area contributed by atoms with E-state index in [4.69, 9.17) is 9.84 Å². The molecule has 1 saturated heterocycles. The minimum absolute atomic E-state index is 0.0489. The monoisotopic (exact) mass is 294 g/mol. The van der Waals surface area contributed by atoms with E-state index in [0.717, 1.165) is 31.0 Å². The lowest BCUT2D eigenvalue weighted by Crippen LogP contribution is -2.40. The van der Waals surface area contributed by atoms with Crippen molar-refractivity contribution < 1.29 is 24.4 Å². The maximum absolute atomic E-state index is 12.1. The number of hydrogen-bond acceptors (Lipinski definition) is 5. The predicted molar refractivity (Wildman–Crippen MR) is 71.4 cm³/mol. The number of hydrogen-bond donors (Lipinski definition) is 2. The maximum atomic E-state index is 12.1. The molecule has 112 valence electrons. The van der Waals surface area contributed by atoms with Crippen LogP contribution in [-0.4, -0.2) is 41.2 Å². The SMILES string of the molecule is O=C(O)c1cc(C(=O)NC2CCCOC2)cc([N+](=O)[O-])c1. The van der Waals surface area contributed by atoms with Crippen molar-refractivity contribution in [3.8, 4) is 0 Å². The van der Waals surface area contributed by atoms with Gasteiger partial charge in [0, 0.05) is 24.3 Å². The number of nitro benzene ring substituents is 1. The molecule has 21 heavy (non-hydrogen) atoms. The average molecular weight is 294 g/mol. The van der Waals surface area contributed by atoms with Crippen LogP contribution in [0.2, 0.25) is 0 Å². The predicted octanol–water partition coefficient (Wildman–Crippen LogP) is 1.20. The molecule has 1 atom stereocenters. The Balaban J connectivity index is 2.22. The summed E-state index contributed by atoms with van der Waals surface area (Å²) in [5.41, 5.74) is -0.777. The second-order valence-electron chi connectivity index (χ2n) is 4.72. The first-order chi connectivity index (χ1) is 9.97. The number of ether oxygens (including phenoxy) is 1. The highest BCUT2D eigenvalue weighted by Gasteiger charge is 2.21. The number of amides is 1. The largest absolute Gasteiger partial charge is 0.478 e. The van der Waals surface area contributed by atoms with Gasteiger partial charge in [-0.15, -0.1) is 0 Å². The summed E-state index contributed by atoms with van der Waals surface area (Å²) in [6.45, 7) is 1.03. The summed E-state index contributed by atoms with van der Waals surface area (Å²) in [5, 5.41) is 22.4. The van der Waals surface area contributed by atoms with Gasteiger partial charge in [-0.1, -0.05) is 0 Å². The van der Waals surface area contributed by atoms with E-state index < -0.39 is 22.5 Å². The van der Waals surface area contributed by atoms with Crippen molar-refractivity contribution in [3.63, 3.8) is 0 Å². The first-order valence-electron chi connectivity index (χ1n) is 6.39. The fraction of sp³-hybridized carbons (Fsp3) is 0.385. The number of nitrogens with one attached hydrogen (secondary N) is 1. The molecule has 1 unspecified atom stereocenters. The number of carboxylic acid groups (broad SMARTS) is 1. The van der Waals surface area contributed by atoms with E-state index in [1.54, 1.807) is 0 Å². The molecule has 8 heteroatoms. The lowest BCUT2D eigenvalue weighted by molar-refractivity contribution is -0.384. The highest BCUT2D eigenvalue weighted by Crippen LogP contribution is 2.18. The van der Waals surface area contributed by atoms with Crippen LogP contribution in [0.3, 0.4) is 0 Å².